The molecular formula is C19H15N3O2S. The van der Waals surface area contributed by atoms with Crippen molar-refractivity contribution in [3.63, 3.8) is 0 Å². The van der Waals surface area contributed by atoms with E-state index in [0.717, 1.165) is 16.5 Å². The summed E-state index contributed by atoms with van der Waals surface area (Å²) < 4.78 is 1.56. The molecule has 0 saturated carbocycles. The molecule has 4 rings (SSSR count). The molecule has 0 aliphatic carbocycles. The van der Waals surface area contributed by atoms with Crippen molar-refractivity contribution in [3.8, 4) is 0 Å². The van der Waals surface area contributed by atoms with Crippen LogP contribution in [0.5, 0.6) is 0 Å². The van der Waals surface area contributed by atoms with E-state index in [1.54, 1.807) is 23.7 Å². The number of benzene rings is 2. The predicted octanol–water partition coefficient (Wildman–Crippen LogP) is 3.07. The number of rotatable bonds is 3. The van der Waals surface area contributed by atoms with Crippen LogP contribution in [-0.4, -0.2) is 14.5 Å². The van der Waals surface area contributed by atoms with Gasteiger partial charge in [0.15, 0.2) is 5.16 Å². The first kappa shape index (κ1) is 15.7. The average molecular weight is 349 g/mol. The summed E-state index contributed by atoms with van der Waals surface area (Å²) in [6.07, 6.45) is 0. The van der Waals surface area contributed by atoms with Gasteiger partial charge in [-0.15, -0.1) is 0 Å². The van der Waals surface area contributed by atoms with Gasteiger partial charge in [-0.1, -0.05) is 42.1 Å². The molecule has 0 radical (unpaired) electrons. The molecule has 0 atom stereocenters. The minimum atomic E-state index is -0.130. The Hall–Kier alpha value is -2.86. The third-order valence-corrected chi connectivity index (χ3v) is 5.21. The molecule has 0 fully saturated rings. The van der Waals surface area contributed by atoms with Gasteiger partial charge < -0.3 is 4.98 Å². The maximum atomic E-state index is 12.5. The third-order valence-electron chi connectivity index (χ3n) is 4.14. The van der Waals surface area contributed by atoms with Gasteiger partial charge in [-0.25, -0.2) is 4.98 Å². The van der Waals surface area contributed by atoms with E-state index in [2.05, 4.69) is 9.97 Å². The first-order chi connectivity index (χ1) is 12.1. The lowest BCUT2D eigenvalue weighted by atomic mass is 10.1. The first-order valence-electron chi connectivity index (χ1n) is 7.83. The molecule has 0 aliphatic rings. The Bertz CT molecular complexity index is 1210. The van der Waals surface area contributed by atoms with Crippen LogP contribution in [0.2, 0.25) is 0 Å². The lowest BCUT2D eigenvalue weighted by Gasteiger charge is -2.10. The molecule has 2 aromatic carbocycles. The van der Waals surface area contributed by atoms with Crippen LogP contribution in [0.1, 0.15) is 5.56 Å². The molecule has 124 valence electrons. The summed E-state index contributed by atoms with van der Waals surface area (Å²) in [6, 6.07) is 16.6. The summed E-state index contributed by atoms with van der Waals surface area (Å²) in [4.78, 5) is 31.8. The van der Waals surface area contributed by atoms with E-state index < -0.39 is 0 Å². The number of nitrogens with one attached hydrogen (secondary N) is 1. The number of H-pyrrole nitrogens is 1. The number of aromatic nitrogens is 3. The molecule has 0 unspecified atom stereocenters. The number of pyridine rings is 1. The minimum Gasteiger partial charge on any atom is -0.322 e. The largest absolute Gasteiger partial charge is 0.322 e. The Labute approximate surface area is 147 Å². The number of aromatic amines is 1. The van der Waals surface area contributed by atoms with Crippen LogP contribution in [0, 0.1) is 0 Å². The zero-order valence-corrected chi connectivity index (χ0v) is 14.3. The van der Waals surface area contributed by atoms with E-state index in [1.807, 2.05) is 42.5 Å². The second-order valence-corrected chi connectivity index (χ2v) is 6.71. The van der Waals surface area contributed by atoms with Crippen molar-refractivity contribution in [3.05, 3.63) is 80.9 Å². The van der Waals surface area contributed by atoms with E-state index >= 15 is 0 Å². The second kappa shape index (κ2) is 6.22. The fourth-order valence-electron chi connectivity index (χ4n) is 2.87. The smallest absolute Gasteiger partial charge is 0.261 e. The summed E-state index contributed by atoms with van der Waals surface area (Å²) in [6.45, 7) is 0. The highest BCUT2D eigenvalue weighted by atomic mass is 32.2. The van der Waals surface area contributed by atoms with E-state index in [9.17, 15) is 9.59 Å². The molecule has 0 saturated heterocycles. The van der Waals surface area contributed by atoms with Gasteiger partial charge >= 0.3 is 0 Å². The van der Waals surface area contributed by atoms with Crippen molar-refractivity contribution >= 4 is 33.6 Å². The van der Waals surface area contributed by atoms with Crippen LogP contribution >= 0.6 is 11.8 Å². The van der Waals surface area contributed by atoms with Crippen molar-refractivity contribution in [1.29, 1.82) is 0 Å². The average Bonchev–Trinajstić information content (AvgIpc) is 2.63. The zero-order chi connectivity index (χ0) is 17.4. The monoisotopic (exact) mass is 349 g/mol. The Morgan fingerprint density at radius 2 is 1.76 bits per heavy atom. The van der Waals surface area contributed by atoms with E-state index in [1.165, 1.54) is 11.8 Å². The second-order valence-electron chi connectivity index (χ2n) is 5.77. The summed E-state index contributed by atoms with van der Waals surface area (Å²) >= 11 is 1.45. The van der Waals surface area contributed by atoms with Gasteiger partial charge in [0.05, 0.1) is 10.9 Å². The van der Waals surface area contributed by atoms with Crippen molar-refractivity contribution in [2.45, 2.75) is 10.9 Å². The topological polar surface area (TPSA) is 67.8 Å². The Morgan fingerprint density at radius 1 is 1.04 bits per heavy atom. The van der Waals surface area contributed by atoms with E-state index in [0.29, 0.717) is 21.8 Å². The summed E-state index contributed by atoms with van der Waals surface area (Å²) in [7, 11) is 1.72. The first-order valence-corrected chi connectivity index (χ1v) is 8.81. The third kappa shape index (κ3) is 2.85. The Kier molecular flexibility index (Phi) is 3.89. The summed E-state index contributed by atoms with van der Waals surface area (Å²) in [5.74, 6) is 0.559. The molecule has 1 N–H and O–H groups in total. The normalized spacial score (nSPS) is 11.2. The molecule has 0 amide bonds. The molecule has 2 aromatic heterocycles. The zero-order valence-electron chi connectivity index (χ0n) is 13.5. The lowest BCUT2D eigenvalue weighted by molar-refractivity contribution is 0.726. The maximum absolute atomic E-state index is 12.5. The summed E-state index contributed by atoms with van der Waals surface area (Å²) in [5.41, 5.74) is 2.22. The molecule has 25 heavy (non-hydrogen) atoms. The maximum Gasteiger partial charge on any atom is 0.261 e. The van der Waals surface area contributed by atoms with Crippen molar-refractivity contribution in [2.75, 3.05) is 0 Å². The molecule has 6 heteroatoms. The Morgan fingerprint density at radius 3 is 2.60 bits per heavy atom. The van der Waals surface area contributed by atoms with Gasteiger partial charge in [-0.05, 0) is 23.8 Å². The van der Waals surface area contributed by atoms with E-state index in [4.69, 9.17) is 0 Å². The van der Waals surface area contributed by atoms with Crippen molar-refractivity contribution in [2.24, 2.45) is 7.05 Å². The van der Waals surface area contributed by atoms with Crippen LogP contribution in [-0.2, 0) is 12.8 Å². The standard InChI is InChI=1S/C19H15N3O2S/c1-22-18(24)14-7-3-5-9-16(14)21-19(22)25-11-12-10-17(23)20-15-8-4-2-6-13(12)15/h2-10H,11H2,1H3,(H,20,23). The van der Waals surface area contributed by atoms with Gasteiger partial charge in [-0.2, -0.15) is 0 Å². The van der Waals surface area contributed by atoms with Gasteiger partial charge in [0.25, 0.3) is 5.56 Å². The van der Waals surface area contributed by atoms with Gasteiger partial charge in [0, 0.05) is 29.8 Å². The number of thioether (sulfide) groups is 1. The van der Waals surface area contributed by atoms with Crippen molar-refractivity contribution < 1.29 is 0 Å². The molecule has 0 spiro atoms. The number of hydrogen-bond donors (Lipinski definition) is 1. The lowest BCUT2D eigenvalue weighted by Crippen LogP contribution is -2.20. The fraction of sp³-hybridized carbons (Fsp3) is 0.105. The molecule has 0 aliphatic heterocycles. The number of fused-ring (bicyclic) bond motifs is 2. The number of para-hydroxylation sites is 2. The predicted molar refractivity (Wildman–Crippen MR) is 101 cm³/mol. The minimum absolute atomic E-state index is 0.0659. The highest BCUT2D eigenvalue weighted by molar-refractivity contribution is 7.98. The molecule has 4 aromatic rings. The fourth-order valence-corrected chi connectivity index (χ4v) is 3.83. The van der Waals surface area contributed by atoms with Crippen LogP contribution in [0.3, 0.4) is 0 Å². The molecule has 2 heterocycles. The van der Waals surface area contributed by atoms with Crippen LogP contribution in [0.4, 0.5) is 0 Å². The van der Waals surface area contributed by atoms with Crippen LogP contribution in [0.25, 0.3) is 21.8 Å². The van der Waals surface area contributed by atoms with Crippen LogP contribution < -0.4 is 11.1 Å². The highest BCUT2D eigenvalue weighted by Crippen LogP contribution is 2.24. The van der Waals surface area contributed by atoms with Gasteiger partial charge in [0.1, 0.15) is 0 Å². The van der Waals surface area contributed by atoms with Gasteiger partial charge in [0.2, 0.25) is 5.56 Å². The molecular weight excluding hydrogens is 334 g/mol. The van der Waals surface area contributed by atoms with Crippen LogP contribution in [0.15, 0.2) is 69.3 Å². The van der Waals surface area contributed by atoms with E-state index in [-0.39, 0.29) is 11.1 Å². The quantitative estimate of drug-likeness (QED) is 0.456. The molecule has 0 bridgehead atoms. The Balaban J connectivity index is 1.75. The number of hydrogen-bond acceptors (Lipinski definition) is 4. The molecule has 5 nitrogen and oxygen atoms in total. The highest BCUT2D eigenvalue weighted by Gasteiger charge is 2.10. The summed E-state index contributed by atoms with van der Waals surface area (Å²) in [5, 5.41) is 2.24. The van der Waals surface area contributed by atoms with Gasteiger partial charge in [-0.3, -0.25) is 14.2 Å². The number of nitrogens with zero attached hydrogens (tertiary/aromatic N) is 2. The SMILES string of the molecule is Cn1c(SCc2cc(=O)[nH]c3ccccc23)nc2ccccc2c1=O. The van der Waals surface area contributed by atoms with Crippen molar-refractivity contribution in [1.82, 2.24) is 14.5 Å².